The van der Waals surface area contributed by atoms with Crippen molar-refractivity contribution in [2.75, 3.05) is 0 Å². The van der Waals surface area contributed by atoms with Crippen LogP contribution in [0.5, 0.6) is 0 Å². The van der Waals surface area contributed by atoms with Gasteiger partial charge in [0.05, 0.1) is 0 Å². The predicted molar refractivity (Wildman–Crippen MR) is 143 cm³/mol. The van der Waals surface area contributed by atoms with Crippen LogP contribution in [0.2, 0.25) is 0 Å². The Morgan fingerprint density at radius 1 is 0.694 bits per heavy atom. The zero-order valence-corrected chi connectivity index (χ0v) is 23.3. The molecule has 0 fully saturated rings. The van der Waals surface area contributed by atoms with Gasteiger partial charge in [0.25, 0.3) is 0 Å². The summed E-state index contributed by atoms with van der Waals surface area (Å²) in [6.07, 6.45) is 0. The van der Waals surface area contributed by atoms with Crippen molar-refractivity contribution >= 4 is 14.2 Å². The van der Waals surface area contributed by atoms with E-state index in [1.165, 1.54) is 0 Å². The molecule has 2 unspecified atom stereocenters. The maximum absolute atomic E-state index is 14.3. The molecule has 4 aromatic carbocycles. The number of nitrogens with two attached hydrogens (primary N) is 1. The van der Waals surface area contributed by atoms with Gasteiger partial charge in [0, 0.05) is 0 Å². The minimum atomic E-state index is -3.87. The molecular formula is C30H32N2O2RuS. The molecule has 2 N–H and O–H groups in total. The van der Waals surface area contributed by atoms with Crippen molar-refractivity contribution in [1.82, 2.24) is 3.05 Å². The molecule has 4 aromatic rings. The van der Waals surface area contributed by atoms with Gasteiger partial charge >= 0.3 is 224 Å². The number of nitrogens with zero attached hydrogens (tertiary/aromatic N) is 1. The summed E-state index contributed by atoms with van der Waals surface area (Å²) < 4.78 is 31.3. The fraction of sp³-hybridized carbons (Fsp3) is 0.200. The molecule has 0 saturated heterocycles. The molecule has 4 rings (SSSR count). The Kier molecular flexibility index (Phi) is 8.21. The van der Waals surface area contributed by atoms with Gasteiger partial charge in [-0.15, -0.1) is 0 Å². The van der Waals surface area contributed by atoms with Crippen molar-refractivity contribution < 1.29 is 25.8 Å². The average molecular weight is 586 g/mol. The molecule has 0 amide bonds. The van der Waals surface area contributed by atoms with Crippen molar-refractivity contribution in [2.45, 2.75) is 43.2 Å². The van der Waals surface area contributed by atoms with Crippen LogP contribution in [0.3, 0.4) is 0 Å². The van der Waals surface area contributed by atoms with Crippen LogP contribution in [0.1, 0.15) is 49.5 Å². The zero-order valence-electron chi connectivity index (χ0n) is 20.7. The number of sulfonamides is 1. The van der Waals surface area contributed by atoms with Gasteiger partial charge in [-0.3, -0.25) is 0 Å². The van der Waals surface area contributed by atoms with Gasteiger partial charge in [-0.2, -0.15) is 0 Å². The van der Waals surface area contributed by atoms with Gasteiger partial charge in [-0.1, -0.05) is 0 Å². The van der Waals surface area contributed by atoms with Crippen LogP contribution in [0.15, 0.2) is 120 Å². The Labute approximate surface area is 223 Å². The van der Waals surface area contributed by atoms with Crippen LogP contribution in [0.4, 0.5) is 0 Å². The summed E-state index contributed by atoms with van der Waals surface area (Å²) in [6.45, 7) is 6.35. The van der Waals surface area contributed by atoms with Crippen LogP contribution in [0.25, 0.3) is 0 Å². The van der Waals surface area contributed by atoms with Crippen LogP contribution in [-0.4, -0.2) is 11.5 Å². The predicted octanol–water partition coefficient (Wildman–Crippen LogP) is 5.74. The van der Waals surface area contributed by atoms with Crippen LogP contribution >= 0.6 is 0 Å². The van der Waals surface area contributed by atoms with Gasteiger partial charge in [0.15, 0.2) is 0 Å². The van der Waals surface area contributed by atoms with Gasteiger partial charge in [-0.05, 0) is 0 Å². The van der Waals surface area contributed by atoms with E-state index in [-0.39, 0.29) is 10.3 Å². The van der Waals surface area contributed by atoms with E-state index >= 15 is 0 Å². The van der Waals surface area contributed by atoms with E-state index in [2.05, 4.69) is 20.8 Å². The first-order valence-corrected chi connectivity index (χ1v) is 14.9. The maximum atomic E-state index is 14.3. The normalized spacial score (nSPS) is 14.0. The van der Waals surface area contributed by atoms with Crippen LogP contribution < -0.4 is 9.89 Å². The van der Waals surface area contributed by atoms with E-state index in [9.17, 15) is 8.42 Å². The topological polar surface area (TPSA) is 63.4 Å². The molecule has 0 saturated carbocycles. The minimum absolute atomic E-state index is 0.0695. The molecule has 6 heteroatoms. The molecule has 2 atom stereocenters. The van der Waals surface area contributed by atoms with E-state index in [4.69, 9.17) is 5.73 Å². The second kappa shape index (κ2) is 11.2. The summed E-state index contributed by atoms with van der Waals surface area (Å²) >= 11 is -0.874. The number of benzene rings is 4. The van der Waals surface area contributed by atoms with E-state index in [0.29, 0.717) is 0 Å². The molecule has 0 bridgehead atoms. The summed E-state index contributed by atoms with van der Waals surface area (Å²) in [6, 6.07) is 35.4. The Hall–Kier alpha value is -2.63. The van der Waals surface area contributed by atoms with Crippen molar-refractivity contribution in [3.05, 3.63) is 132 Å². The molecule has 0 aliphatic rings. The fourth-order valence-electron chi connectivity index (χ4n) is 3.97. The number of hydrogen-bond donors (Lipinski definition) is 1. The number of rotatable bonds is 8. The third-order valence-corrected chi connectivity index (χ3v) is 11.1. The summed E-state index contributed by atoms with van der Waals surface area (Å²) in [5.74, 6) is 0. The SMILES string of the molecule is CC(C)(C)c1ccc(S(=O)(=O)[N]([Ru][c]2ccccc2)C(c2ccccc2)C(N)c2ccccc2)cc1. The quantitative estimate of drug-likeness (QED) is 0.268. The molecule has 0 radical (unpaired) electrons. The molecule has 0 aliphatic heterocycles. The van der Waals surface area contributed by atoms with Gasteiger partial charge in [0.1, 0.15) is 0 Å². The molecular weight excluding hydrogens is 553 g/mol. The standard InChI is InChI=1S/C24H27N2O2S.C6H5.Ru/c1-24(2,3)20-14-16-21(17-15-20)29(27,28)26-23(19-12-8-5-9-13-19)22(25)18-10-6-4-7-11-18;1-2-4-6-5-3-1;/h4-17,22-23H,25H2,1-3H3;1-5H;/q-1;;+1. The first-order chi connectivity index (χ1) is 17.2. The Morgan fingerprint density at radius 2 is 1.17 bits per heavy atom. The van der Waals surface area contributed by atoms with E-state index in [1.807, 2.05) is 103 Å². The van der Waals surface area contributed by atoms with E-state index in [1.54, 1.807) is 15.2 Å². The Balaban J connectivity index is 1.87. The van der Waals surface area contributed by atoms with Gasteiger partial charge in [-0.25, -0.2) is 0 Å². The first kappa shape index (κ1) is 26.4. The monoisotopic (exact) mass is 586 g/mol. The Bertz CT molecular complexity index is 1360. The van der Waals surface area contributed by atoms with E-state index < -0.39 is 39.5 Å². The third kappa shape index (κ3) is 6.01. The van der Waals surface area contributed by atoms with Crippen LogP contribution in [-0.2, 0) is 32.8 Å². The number of hydrogen-bond acceptors (Lipinski definition) is 3. The molecule has 36 heavy (non-hydrogen) atoms. The molecule has 0 aromatic heterocycles. The van der Waals surface area contributed by atoms with Crippen molar-refractivity contribution in [1.29, 1.82) is 0 Å². The average Bonchev–Trinajstić information content (AvgIpc) is 2.89. The Morgan fingerprint density at radius 3 is 1.67 bits per heavy atom. The third-order valence-electron chi connectivity index (χ3n) is 6.01. The fourth-order valence-corrected chi connectivity index (χ4v) is 8.72. The summed E-state index contributed by atoms with van der Waals surface area (Å²) in [4.78, 5) is 0.280. The zero-order chi connectivity index (χ0) is 25.8. The van der Waals surface area contributed by atoms with Crippen LogP contribution in [0, 0.1) is 0 Å². The van der Waals surface area contributed by atoms with Gasteiger partial charge in [0.2, 0.25) is 0 Å². The van der Waals surface area contributed by atoms with Crippen molar-refractivity contribution in [3.8, 4) is 0 Å². The molecule has 188 valence electrons. The summed E-state index contributed by atoms with van der Waals surface area (Å²) in [5.41, 5.74) is 9.67. The molecule has 4 nitrogen and oxygen atoms in total. The molecule has 0 spiro atoms. The van der Waals surface area contributed by atoms with E-state index in [0.717, 1.165) is 20.8 Å². The molecule has 0 aliphatic carbocycles. The summed E-state index contributed by atoms with van der Waals surface area (Å²) in [5, 5.41) is 0. The second-order valence-electron chi connectivity index (χ2n) is 9.66. The van der Waals surface area contributed by atoms with Crippen molar-refractivity contribution in [3.63, 3.8) is 0 Å². The summed E-state index contributed by atoms with van der Waals surface area (Å²) in [7, 11) is -3.87. The van der Waals surface area contributed by atoms with Gasteiger partial charge < -0.3 is 0 Å². The van der Waals surface area contributed by atoms with Crippen molar-refractivity contribution in [2.24, 2.45) is 5.73 Å². The molecule has 0 heterocycles. The first-order valence-electron chi connectivity index (χ1n) is 11.9. The second-order valence-corrected chi connectivity index (χ2v) is 14.2.